The Bertz CT molecular complexity index is 729. The van der Waals surface area contributed by atoms with E-state index in [4.69, 9.17) is 4.52 Å². The second-order valence-corrected chi connectivity index (χ2v) is 7.31. The molecule has 0 bridgehead atoms. The fraction of sp³-hybridized carbons (Fsp3) is 0.571. The van der Waals surface area contributed by atoms with E-state index in [1.807, 2.05) is 4.90 Å². The molecule has 0 aliphatic carbocycles. The average molecular weight is 373 g/mol. The first-order valence-electron chi connectivity index (χ1n) is 10.0. The number of piperidine rings is 1. The van der Waals surface area contributed by atoms with Crippen molar-refractivity contribution in [3.05, 3.63) is 36.0 Å². The van der Waals surface area contributed by atoms with Crippen molar-refractivity contribution in [2.45, 2.75) is 64.2 Å². The molecule has 2 heterocycles. The lowest BCUT2D eigenvalue weighted by Crippen LogP contribution is -2.39. The number of rotatable bonds is 8. The van der Waals surface area contributed by atoms with Crippen molar-refractivity contribution in [2.75, 3.05) is 13.1 Å². The van der Waals surface area contributed by atoms with Gasteiger partial charge >= 0.3 is 0 Å². The lowest BCUT2D eigenvalue weighted by atomic mass is 9.97. The highest BCUT2D eigenvalue weighted by atomic mass is 19.1. The zero-order valence-corrected chi connectivity index (χ0v) is 16.0. The number of carbonyl (C=O) groups is 1. The van der Waals surface area contributed by atoms with Crippen molar-refractivity contribution in [3.63, 3.8) is 0 Å². The minimum atomic E-state index is -0.293. The topological polar surface area (TPSA) is 59.2 Å². The predicted molar refractivity (Wildman–Crippen MR) is 102 cm³/mol. The Balaban J connectivity index is 1.55. The van der Waals surface area contributed by atoms with E-state index in [1.165, 1.54) is 31.4 Å². The Hall–Kier alpha value is -2.24. The minimum Gasteiger partial charge on any atom is -0.342 e. The smallest absolute Gasteiger partial charge is 0.231 e. The fourth-order valence-electron chi connectivity index (χ4n) is 3.56. The molecule has 3 rings (SSSR count). The SMILES string of the molecule is CCCCCCCC(=O)N1CCCC(c2nc(-c3ccc(F)cc3)no2)C1. The Kier molecular flexibility index (Phi) is 6.96. The minimum absolute atomic E-state index is 0.0736. The highest BCUT2D eigenvalue weighted by molar-refractivity contribution is 5.76. The van der Waals surface area contributed by atoms with Gasteiger partial charge in [0, 0.05) is 25.1 Å². The molecule has 1 aliphatic rings. The van der Waals surface area contributed by atoms with Crippen LogP contribution in [0.2, 0.25) is 0 Å². The van der Waals surface area contributed by atoms with E-state index in [0.29, 0.717) is 24.7 Å². The van der Waals surface area contributed by atoms with Gasteiger partial charge in [-0.05, 0) is 43.5 Å². The largest absolute Gasteiger partial charge is 0.342 e. The molecular formula is C21H28FN3O2. The van der Waals surface area contributed by atoms with Crippen LogP contribution in [0.5, 0.6) is 0 Å². The summed E-state index contributed by atoms with van der Waals surface area (Å²) >= 11 is 0. The van der Waals surface area contributed by atoms with Crippen LogP contribution in [0.3, 0.4) is 0 Å². The average Bonchev–Trinajstić information content (AvgIpc) is 3.18. The molecule has 1 aromatic heterocycles. The van der Waals surface area contributed by atoms with Crippen molar-refractivity contribution < 1.29 is 13.7 Å². The third kappa shape index (κ3) is 5.37. The summed E-state index contributed by atoms with van der Waals surface area (Å²) in [5.41, 5.74) is 0.724. The summed E-state index contributed by atoms with van der Waals surface area (Å²) in [6, 6.07) is 6.04. The summed E-state index contributed by atoms with van der Waals surface area (Å²) in [7, 11) is 0. The van der Waals surface area contributed by atoms with Crippen molar-refractivity contribution in [2.24, 2.45) is 0 Å². The number of unbranched alkanes of at least 4 members (excludes halogenated alkanes) is 4. The molecule has 1 amide bonds. The standard InChI is InChI=1S/C21H28FN3O2/c1-2-3-4-5-6-9-19(26)25-14-7-8-17(15-25)21-23-20(24-27-21)16-10-12-18(22)13-11-16/h10-13,17H,2-9,14-15H2,1H3. The second-order valence-electron chi connectivity index (χ2n) is 7.31. The predicted octanol–water partition coefficient (Wildman–Crippen LogP) is 4.94. The summed E-state index contributed by atoms with van der Waals surface area (Å²) in [4.78, 5) is 18.9. The van der Waals surface area contributed by atoms with Gasteiger partial charge in [0.05, 0.1) is 5.92 Å². The summed E-state index contributed by atoms with van der Waals surface area (Å²) in [5, 5.41) is 4.03. The molecule has 1 fully saturated rings. The van der Waals surface area contributed by atoms with Gasteiger partial charge in [-0.2, -0.15) is 4.98 Å². The van der Waals surface area contributed by atoms with Crippen LogP contribution in [0.1, 0.15) is 70.1 Å². The van der Waals surface area contributed by atoms with E-state index in [0.717, 1.165) is 37.8 Å². The maximum absolute atomic E-state index is 13.1. The van der Waals surface area contributed by atoms with Crippen LogP contribution in [0.15, 0.2) is 28.8 Å². The first-order chi connectivity index (χ1) is 13.2. The number of halogens is 1. The van der Waals surface area contributed by atoms with Crippen LogP contribution in [-0.2, 0) is 4.79 Å². The zero-order valence-electron chi connectivity index (χ0n) is 16.0. The van der Waals surface area contributed by atoms with Gasteiger partial charge in [-0.3, -0.25) is 4.79 Å². The highest BCUT2D eigenvalue weighted by Gasteiger charge is 2.28. The molecule has 1 aromatic carbocycles. The van der Waals surface area contributed by atoms with E-state index in [-0.39, 0.29) is 17.6 Å². The maximum atomic E-state index is 13.1. The number of benzene rings is 1. The maximum Gasteiger partial charge on any atom is 0.231 e. The van der Waals surface area contributed by atoms with Crippen molar-refractivity contribution in [1.29, 1.82) is 0 Å². The summed E-state index contributed by atoms with van der Waals surface area (Å²) in [6.45, 7) is 3.64. The number of carbonyl (C=O) groups excluding carboxylic acids is 1. The summed E-state index contributed by atoms with van der Waals surface area (Å²) in [5.74, 6) is 1.04. The summed E-state index contributed by atoms with van der Waals surface area (Å²) in [6.07, 6.45) is 8.27. The van der Waals surface area contributed by atoms with Gasteiger partial charge in [0.25, 0.3) is 0 Å². The number of likely N-dealkylation sites (tertiary alicyclic amines) is 1. The molecule has 0 radical (unpaired) electrons. The molecule has 1 aliphatic heterocycles. The van der Waals surface area contributed by atoms with E-state index >= 15 is 0 Å². The molecular weight excluding hydrogens is 345 g/mol. The van der Waals surface area contributed by atoms with Gasteiger partial charge in [0.15, 0.2) is 0 Å². The quantitative estimate of drug-likeness (QED) is 0.615. The molecule has 6 heteroatoms. The third-order valence-corrected chi connectivity index (χ3v) is 5.16. The zero-order chi connectivity index (χ0) is 19.1. The number of hydrogen-bond acceptors (Lipinski definition) is 4. The molecule has 0 spiro atoms. The number of aromatic nitrogens is 2. The van der Waals surface area contributed by atoms with Crippen molar-refractivity contribution in [3.8, 4) is 11.4 Å². The van der Waals surface area contributed by atoms with E-state index in [1.54, 1.807) is 12.1 Å². The van der Waals surface area contributed by atoms with Crippen LogP contribution < -0.4 is 0 Å². The van der Waals surface area contributed by atoms with Gasteiger partial charge in [0.1, 0.15) is 5.82 Å². The van der Waals surface area contributed by atoms with Gasteiger partial charge in [-0.25, -0.2) is 4.39 Å². The van der Waals surface area contributed by atoms with Crippen LogP contribution in [-0.4, -0.2) is 34.0 Å². The molecule has 1 atom stereocenters. The molecule has 0 N–H and O–H groups in total. The molecule has 27 heavy (non-hydrogen) atoms. The monoisotopic (exact) mass is 373 g/mol. The van der Waals surface area contributed by atoms with Crippen LogP contribution in [0.4, 0.5) is 4.39 Å². The Labute approximate surface area is 159 Å². The number of nitrogens with zero attached hydrogens (tertiary/aromatic N) is 3. The third-order valence-electron chi connectivity index (χ3n) is 5.16. The van der Waals surface area contributed by atoms with Crippen LogP contribution >= 0.6 is 0 Å². The van der Waals surface area contributed by atoms with Gasteiger partial charge in [0.2, 0.25) is 17.6 Å². The normalized spacial score (nSPS) is 17.3. The molecule has 0 saturated carbocycles. The molecule has 1 unspecified atom stereocenters. The van der Waals surface area contributed by atoms with Crippen LogP contribution in [0.25, 0.3) is 11.4 Å². The Morgan fingerprint density at radius 3 is 2.78 bits per heavy atom. The summed E-state index contributed by atoms with van der Waals surface area (Å²) < 4.78 is 18.5. The molecule has 2 aromatic rings. The molecule has 5 nitrogen and oxygen atoms in total. The van der Waals surface area contributed by atoms with Crippen molar-refractivity contribution >= 4 is 5.91 Å². The number of amides is 1. The second kappa shape index (κ2) is 9.62. The van der Waals surface area contributed by atoms with Gasteiger partial charge in [-0.1, -0.05) is 37.8 Å². The first kappa shape index (κ1) is 19.5. The Morgan fingerprint density at radius 2 is 2.00 bits per heavy atom. The number of hydrogen-bond donors (Lipinski definition) is 0. The molecule has 1 saturated heterocycles. The van der Waals surface area contributed by atoms with Gasteiger partial charge in [-0.15, -0.1) is 0 Å². The lowest BCUT2D eigenvalue weighted by Gasteiger charge is -2.31. The Morgan fingerprint density at radius 1 is 1.22 bits per heavy atom. The lowest BCUT2D eigenvalue weighted by molar-refractivity contribution is -0.132. The van der Waals surface area contributed by atoms with Crippen LogP contribution in [0, 0.1) is 5.82 Å². The van der Waals surface area contributed by atoms with E-state index in [2.05, 4.69) is 17.1 Å². The van der Waals surface area contributed by atoms with Crippen molar-refractivity contribution in [1.82, 2.24) is 15.0 Å². The highest BCUT2D eigenvalue weighted by Crippen LogP contribution is 2.28. The molecule has 146 valence electrons. The first-order valence-corrected chi connectivity index (χ1v) is 10.0. The van der Waals surface area contributed by atoms with E-state index < -0.39 is 0 Å². The fourth-order valence-corrected chi connectivity index (χ4v) is 3.56. The van der Waals surface area contributed by atoms with E-state index in [9.17, 15) is 9.18 Å². The van der Waals surface area contributed by atoms with Gasteiger partial charge < -0.3 is 9.42 Å².